The third kappa shape index (κ3) is 2.38. The molecule has 0 spiro atoms. The van der Waals surface area contributed by atoms with Crippen LogP contribution in [-0.2, 0) is 11.3 Å². The Bertz CT molecular complexity index is 964. The SMILES string of the molecule is CC1CCN(C(=O)Cn2c3ccccc3c3cn[nH]c(=O)c32)CC1. The second-order valence-electron chi connectivity index (χ2n) is 6.63. The predicted octanol–water partition coefficient (Wildman–Crippen LogP) is 2.14. The molecule has 3 aromatic rings. The molecule has 0 bridgehead atoms. The van der Waals surface area contributed by atoms with Crippen molar-refractivity contribution in [3.63, 3.8) is 0 Å². The first kappa shape index (κ1) is 14.9. The van der Waals surface area contributed by atoms with E-state index < -0.39 is 0 Å². The first-order valence-electron chi connectivity index (χ1n) is 8.37. The molecule has 3 heterocycles. The van der Waals surface area contributed by atoms with Gasteiger partial charge in [0.05, 0.1) is 6.20 Å². The zero-order chi connectivity index (χ0) is 16.7. The van der Waals surface area contributed by atoms with E-state index in [1.54, 1.807) is 6.20 Å². The standard InChI is InChI=1S/C18H20N4O2/c1-12-6-8-21(9-7-12)16(23)11-22-15-5-3-2-4-13(15)14-10-19-20-18(24)17(14)22/h2-5,10,12H,6-9,11H2,1H3,(H,20,24). The molecule has 0 radical (unpaired) electrons. The van der Waals surface area contributed by atoms with Crippen LogP contribution in [0.5, 0.6) is 0 Å². The molecular formula is C18H20N4O2. The number of fused-ring (bicyclic) bond motifs is 3. The molecule has 2 aromatic heterocycles. The number of hydrogen-bond acceptors (Lipinski definition) is 3. The summed E-state index contributed by atoms with van der Waals surface area (Å²) >= 11 is 0. The van der Waals surface area contributed by atoms with Crippen molar-refractivity contribution in [3.05, 3.63) is 40.8 Å². The van der Waals surface area contributed by atoms with Gasteiger partial charge in [0, 0.05) is 29.4 Å². The van der Waals surface area contributed by atoms with Gasteiger partial charge in [-0.3, -0.25) is 9.59 Å². The van der Waals surface area contributed by atoms with Crippen LogP contribution in [0.15, 0.2) is 35.3 Å². The van der Waals surface area contributed by atoms with Gasteiger partial charge in [0.25, 0.3) is 5.56 Å². The largest absolute Gasteiger partial charge is 0.341 e. The van der Waals surface area contributed by atoms with Gasteiger partial charge in [0.2, 0.25) is 5.91 Å². The lowest BCUT2D eigenvalue weighted by Crippen LogP contribution is -2.39. The predicted molar refractivity (Wildman–Crippen MR) is 92.8 cm³/mol. The summed E-state index contributed by atoms with van der Waals surface area (Å²) in [7, 11) is 0. The Hall–Kier alpha value is -2.63. The summed E-state index contributed by atoms with van der Waals surface area (Å²) in [6.07, 6.45) is 3.75. The Kier molecular flexibility index (Phi) is 3.59. The van der Waals surface area contributed by atoms with Crippen molar-refractivity contribution in [1.82, 2.24) is 19.7 Å². The number of para-hydroxylation sites is 1. The first-order valence-corrected chi connectivity index (χ1v) is 8.37. The molecule has 1 N–H and O–H groups in total. The van der Waals surface area contributed by atoms with Gasteiger partial charge < -0.3 is 9.47 Å². The van der Waals surface area contributed by atoms with Crippen LogP contribution in [-0.4, -0.2) is 38.7 Å². The molecule has 6 heteroatoms. The van der Waals surface area contributed by atoms with Gasteiger partial charge in [-0.1, -0.05) is 25.1 Å². The van der Waals surface area contributed by atoms with Crippen molar-refractivity contribution in [3.8, 4) is 0 Å². The highest BCUT2D eigenvalue weighted by Crippen LogP contribution is 2.26. The van der Waals surface area contributed by atoms with Gasteiger partial charge in [-0.25, -0.2) is 5.10 Å². The second kappa shape index (κ2) is 5.78. The fourth-order valence-corrected chi connectivity index (χ4v) is 3.57. The summed E-state index contributed by atoms with van der Waals surface area (Å²) < 4.78 is 1.82. The Labute approximate surface area is 139 Å². The van der Waals surface area contributed by atoms with Crippen LogP contribution in [0.25, 0.3) is 21.8 Å². The number of rotatable bonds is 2. The zero-order valence-corrected chi connectivity index (χ0v) is 13.7. The summed E-state index contributed by atoms with van der Waals surface area (Å²) in [5.41, 5.74) is 1.15. The van der Waals surface area contributed by atoms with Crippen LogP contribution in [0.1, 0.15) is 19.8 Å². The van der Waals surface area contributed by atoms with Gasteiger partial charge in [-0.05, 0) is 24.8 Å². The summed E-state index contributed by atoms with van der Waals surface area (Å²) in [4.78, 5) is 27.0. The molecule has 0 atom stereocenters. The van der Waals surface area contributed by atoms with Crippen molar-refractivity contribution >= 4 is 27.7 Å². The van der Waals surface area contributed by atoms with Crippen molar-refractivity contribution in [2.24, 2.45) is 5.92 Å². The molecule has 1 aliphatic heterocycles. The molecule has 1 amide bonds. The van der Waals surface area contributed by atoms with E-state index in [9.17, 15) is 9.59 Å². The molecule has 0 saturated carbocycles. The molecule has 0 aliphatic carbocycles. The van der Waals surface area contributed by atoms with Gasteiger partial charge >= 0.3 is 0 Å². The first-order chi connectivity index (χ1) is 11.6. The molecule has 1 fully saturated rings. The number of aromatic amines is 1. The zero-order valence-electron chi connectivity index (χ0n) is 13.7. The number of aromatic nitrogens is 3. The van der Waals surface area contributed by atoms with Crippen LogP contribution in [0, 0.1) is 5.92 Å². The monoisotopic (exact) mass is 324 g/mol. The van der Waals surface area contributed by atoms with E-state index in [-0.39, 0.29) is 18.0 Å². The Balaban J connectivity index is 1.78. The Morgan fingerprint density at radius 3 is 2.79 bits per heavy atom. The summed E-state index contributed by atoms with van der Waals surface area (Å²) in [5.74, 6) is 0.747. The Morgan fingerprint density at radius 2 is 2.00 bits per heavy atom. The van der Waals surface area contributed by atoms with Gasteiger partial charge in [0.15, 0.2) is 0 Å². The number of carbonyl (C=O) groups excluding carboxylic acids is 1. The number of amides is 1. The normalized spacial score (nSPS) is 16.1. The van der Waals surface area contributed by atoms with E-state index in [4.69, 9.17) is 0 Å². The molecule has 1 aliphatic rings. The molecule has 4 rings (SSSR count). The third-order valence-corrected chi connectivity index (χ3v) is 5.01. The fraction of sp³-hybridized carbons (Fsp3) is 0.389. The van der Waals surface area contributed by atoms with Gasteiger partial charge in [-0.15, -0.1) is 0 Å². The lowest BCUT2D eigenvalue weighted by molar-refractivity contribution is -0.133. The average molecular weight is 324 g/mol. The van der Waals surface area contributed by atoms with E-state index in [1.807, 2.05) is 33.7 Å². The summed E-state index contributed by atoms with van der Waals surface area (Å²) in [6.45, 7) is 4.01. The van der Waals surface area contributed by atoms with E-state index >= 15 is 0 Å². The number of likely N-dealkylation sites (tertiary alicyclic amines) is 1. The number of carbonyl (C=O) groups is 1. The Morgan fingerprint density at radius 1 is 1.25 bits per heavy atom. The van der Waals surface area contributed by atoms with E-state index in [2.05, 4.69) is 17.1 Å². The van der Waals surface area contributed by atoms with Crippen LogP contribution in [0.3, 0.4) is 0 Å². The minimum absolute atomic E-state index is 0.0702. The molecular weight excluding hydrogens is 304 g/mol. The van der Waals surface area contributed by atoms with E-state index in [1.165, 1.54) is 0 Å². The van der Waals surface area contributed by atoms with Crippen molar-refractivity contribution < 1.29 is 4.79 Å². The highest BCUT2D eigenvalue weighted by Gasteiger charge is 2.22. The fourth-order valence-electron chi connectivity index (χ4n) is 3.57. The quantitative estimate of drug-likeness (QED) is 0.785. The van der Waals surface area contributed by atoms with Crippen molar-refractivity contribution in [2.75, 3.05) is 13.1 Å². The third-order valence-electron chi connectivity index (χ3n) is 5.01. The van der Waals surface area contributed by atoms with Crippen molar-refractivity contribution in [1.29, 1.82) is 0 Å². The molecule has 124 valence electrons. The number of benzene rings is 1. The molecule has 1 aromatic carbocycles. The molecule has 24 heavy (non-hydrogen) atoms. The topological polar surface area (TPSA) is 71.0 Å². The average Bonchev–Trinajstić information content (AvgIpc) is 2.91. The van der Waals surface area contributed by atoms with Crippen LogP contribution in [0.4, 0.5) is 0 Å². The maximum Gasteiger partial charge on any atom is 0.288 e. The highest BCUT2D eigenvalue weighted by atomic mass is 16.2. The van der Waals surface area contributed by atoms with Crippen molar-refractivity contribution in [2.45, 2.75) is 26.3 Å². The maximum atomic E-state index is 12.7. The van der Waals surface area contributed by atoms with E-state index in [0.717, 1.165) is 42.2 Å². The minimum atomic E-state index is -0.260. The van der Waals surface area contributed by atoms with Gasteiger partial charge in [0.1, 0.15) is 12.1 Å². The smallest absolute Gasteiger partial charge is 0.288 e. The minimum Gasteiger partial charge on any atom is -0.341 e. The molecule has 0 unspecified atom stereocenters. The molecule has 1 saturated heterocycles. The number of hydrogen-bond donors (Lipinski definition) is 1. The van der Waals surface area contributed by atoms with Crippen LogP contribution < -0.4 is 5.56 Å². The molecule has 6 nitrogen and oxygen atoms in total. The number of H-pyrrole nitrogens is 1. The van der Waals surface area contributed by atoms with Gasteiger partial charge in [-0.2, -0.15) is 5.10 Å². The highest BCUT2D eigenvalue weighted by molar-refractivity contribution is 6.07. The maximum absolute atomic E-state index is 12.7. The summed E-state index contributed by atoms with van der Waals surface area (Å²) in [6, 6.07) is 7.76. The summed E-state index contributed by atoms with van der Waals surface area (Å²) in [5, 5.41) is 8.13. The van der Waals surface area contributed by atoms with Crippen LogP contribution in [0.2, 0.25) is 0 Å². The second-order valence-corrected chi connectivity index (χ2v) is 6.63. The lowest BCUT2D eigenvalue weighted by Gasteiger charge is -2.30. The number of piperidine rings is 1. The van der Waals surface area contributed by atoms with E-state index in [0.29, 0.717) is 11.4 Å². The lowest BCUT2D eigenvalue weighted by atomic mass is 9.99. The van der Waals surface area contributed by atoms with Crippen LogP contribution >= 0.6 is 0 Å². The number of nitrogens with zero attached hydrogens (tertiary/aromatic N) is 3. The number of nitrogens with one attached hydrogen (secondary N) is 1.